The molecule has 0 aromatic heterocycles. The minimum Gasteiger partial charge on any atom is -0.497 e. The normalized spacial score (nSPS) is 11.7. The molecule has 0 saturated carbocycles. The first-order valence-electron chi connectivity index (χ1n) is 9.17. The number of nitrogens with one attached hydrogen (secondary N) is 1. The number of ether oxygens (including phenoxy) is 2. The van der Waals surface area contributed by atoms with E-state index in [1.807, 2.05) is 43.3 Å². The third kappa shape index (κ3) is 5.06. The van der Waals surface area contributed by atoms with Gasteiger partial charge in [0.05, 0.1) is 13.0 Å². The summed E-state index contributed by atoms with van der Waals surface area (Å²) in [5.74, 6) is -0.575. The van der Waals surface area contributed by atoms with E-state index < -0.39 is 17.8 Å². The second-order valence-electron chi connectivity index (χ2n) is 6.81. The van der Waals surface area contributed by atoms with Crippen molar-refractivity contribution in [3.8, 4) is 5.75 Å². The Bertz CT molecular complexity index is 1060. The Hall–Kier alpha value is -3.05. The number of carbonyl (C=O) groups is 2. The fourth-order valence-electron chi connectivity index (χ4n) is 2.99. The maximum atomic E-state index is 12.4. The van der Waals surface area contributed by atoms with Crippen LogP contribution in [0.25, 0.3) is 10.8 Å². The molecule has 0 aliphatic carbocycles. The van der Waals surface area contributed by atoms with E-state index >= 15 is 0 Å². The number of amides is 1. The Morgan fingerprint density at radius 1 is 1.03 bits per heavy atom. The number of aryl methyl sites for hydroxylation is 1. The molecule has 3 aromatic carbocycles. The van der Waals surface area contributed by atoms with E-state index in [0.29, 0.717) is 10.7 Å². The number of halogens is 1. The van der Waals surface area contributed by atoms with Gasteiger partial charge in [0.2, 0.25) is 0 Å². The summed E-state index contributed by atoms with van der Waals surface area (Å²) in [6.07, 6.45) is 0. The zero-order valence-electron chi connectivity index (χ0n) is 16.5. The number of rotatable bonds is 6. The largest absolute Gasteiger partial charge is 0.497 e. The molecule has 0 aliphatic heterocycles. The Labute approximate surface area is 174 Å². The van der Waals surface area contributed by atoms with Crippen molar-refractivity contribution in [2.45, 2.75) is 19.8 Å². The van der Waals surface area contributed by atoms with Crippen molar-refractivity contribution >= 4 is 39.9 Å². The lowest BCUT2D eigenvalue weighted by Gasteiger charge is -2.13. The Morgan fingerprint density at radius 3 is 2.48 bits per heavy atom. The van der Waals surface area contributed by atoms with E-state index in [4.69, 9.17) is 21.1 Å². The lowest BCUT2D eigenvalue weighted by atomic mass is 9.98. The maximum absolute atomic E-state index is 12.4. The second kappa shape index (κ2) is 8.97. The average Bonchev–Trinajstić information content (AvgIpc) is 2.72. The van der Waals surface area contributed by atoms with E-state index in [2.05, 4.69) is 5.32 Å². The summed E-state index contributed by atoms with van der Waals surface area (Å²) in [7, 11) is 1.62. The van der Waals surface area contributed by atoms with Gasteiger partial charge in [-0.1, -0.05) is 35.9 Å². The van der Waals surface area contributed by atoms with Crippen molar-refractivity contribution in [2.75, 3.05) is 19.0 Å². The van der Waals surface area contributed by atoms with Gasteiger partial charge >= 0.3 is 5.97 Å². The monoisotopic (exact) mass is 411 g/mol. The van der Waals surface area contributed by atoms with Crippen LogP contribution in [0.1, 0.15) is 24.0 Å². The number of esters is 1. The number of carbonyl (C=O) groups excluding carboxylic acids is 2. The van der Waals surface area contributed by atoms with E-state index in [1.54, 1.807) is 32.2 Å². The number of fused-ring (bicyclic) bond motifs is 1. The van der Waals surface area contributed by atoms with Crippen molar-refractivity contribution in [2.24, 2.45) is 0 Å². The van der Waals surface area contributed by atoms with Crippen LogP contribution in [0.15, 0.2) is 54.6 Å². The summed E-state index contributed by atoms with van der Waals surface area (Å²) >= 11 is 5.91. The van der Waals surface area contributed by atoms with Crippen molar-refractivity contribution in [1.29, 1.82) is 0 Å². The minimum atomic E-state index is -0.494. The molecule has 6 heteroatoms. The molecule has 29 heavy (non-hydrogen) atoms. The number of benzene rings is 3. The van der Waals surface area contributed by atoms with E-state index in [1.165, 1.54) is 0 Å². The molecule has 3 rings (SSSR count). The molecule has 0 unspecified atom stereocenters. The average molecular weight is 412 g/mol. The first-order valence-corrected chi connectivity index (χ1v) is 9.55. The van der Waals surface area contributed by atoms with Crippen LogP contribution in [0.3, 0.4) is 0 Å². The van der Waals surface area contributed by atoms with Gasteiger partial charge in [-0.3, -0.25) is 9.59 Å². The molecule has 0 aliphatic rings. The van der Waals surface area contributed by atoms with Crippen LogP contribution in [-0.2, 0) is 14.3 Å². The molecule has 0 heterocycles. The van der Waals surface area contributed by atoms with E-state index in [9.17, 15) is 9.59 Å². The molecule has 0 radical (unpaired) electrons. The fourth-order valence-corrected chi connectivity index (χ4v) is 3.22. The third-order valence-electron chi connectivity index (χ3n) is 4.73. The summed E-state index contributed by atoms with van der Waals surface area (Å²) in [6, 6.07) is 16.7. The molecule has 0 fully saturated rings. The van der Waals surface area contributed by atoms with Gasteiger partial charge in [-0.25, -0.2) is 0 Å². The predicted molar refractivity (Wildman–Crippen MR) is 115 cm³/mol. The SMILES string of the molecule is COc1ccc2cc([C@H](C)C(=O)OCC(=O)Nc3ccc(Cl)cc3C)ccc2c1. The van der Waals surface area contributed by atoms with Gasteiger partial charge < -0.3 is 14.8 Å². The molecule has 0 saturated heterocycles. The molecule has 5 nitrogen and oxygen atoms in total. The highest BCUT2D eigenvalue weighted by Gasteiger charge is 2.19. The van der Waals surface area contributed by atoms with Crippen LogP contribution >= 0.6 is 11.6 Å². The number of methoxy groups -OCH3 is 1. The van der Waals surface area contributed by atoms with Crippen molar-refractivity contribution < 1.29 is 19.1 Å². The molecular weight excluding hydrogens is 390 g/mol. The highest BCUT2D eigenvalue weighted by Crippen LogP contribution is 2.26. The van der Waals surface area contributed by atoms with Crippen LogP contribution < -0.4 is 10.1 Å². The van der Waals surface area contributed by atoms with E-state index in [-0.39, 0.29) is 6.61 Å². The highest BCUT2D eigenvalue weighted by atomic mass is 35.5. The fraction of sp³-hybridized carbons (Fsp3) is 0.217. The minimum absolute atomic E-state index is 0.351. The van der Waals surface area contributed by atoms with Crippen LogP contribution in [0.4, 0.5) is 5.69 Å². The van der Waals surface area contributed by atoms with E-state index in [0.717, 1.165) is 27.6 Å². The smallest absolute Gasteiger partial charge is 0.313 e. The molecule has 0 spiro atoms. The predicted octanol–water partition coefficient (Wildman–Crippen LogP) is 5.10. The van der Waals surface area contributed by atoms with Crippen LogP contribution in [0.5, 0.6) is 5.75 Å². The van der Waals surface area contributed by atoms with Crippen LogP contribution in [0, 0.1) is 6.92 Å². The summed E-state index contributed by atoms with van der Waals surface area (Å²) in [4.78, 5) is 24.5. The maximum Gasteiger partial charge on any atom is 0.313 e. The Morgan fingerprint density at radius 2 is 1.76 bits per heavy atom. The number of hydrogen-bond acceptors (Lipinski definition) is 4. The van der Waals surface area contributed by atoms with Gasteiger partial charge in [0, 0.05) is 10.7 Å². The Kier molecular flexibility index (Phi) is 6.39. The summed E-state index contributed by atoms with van der Waals surface area (Å²) < 4.78 is 10.4. The molecule has 150 valence electrons. The van der Waals surface area contributed by atoms with Gasteiger partial charge in [0.15, 0.2) is 6.61 Å². The standard InChI is InChI=1S/C23H22ClNO4/c1-14-10-19(24)7-9-21(14)25-22(26)13-29-23(27)15(2)16-4-5-18-12-20(28-3)8-6-17(18)11-16/h4-12,15H,13H2,1-3H3,(H,25,26)/t15-/m0/s1. The van der Waals surface area contributed by atoms with Gasteiger partial charge in [-0.05, 0) is 66.1 Å². The summed E-state index contributed by atoms with van der Waals surface area (Å²) in [5.41, 5.74) is 2.29. The third-order valence-corrected chi connectivity index (χ3v) is 4.97. The zero-order chi connectivity index (χ0) is 21.0. The molecule has 0 bridgehead atoms. The van der Waals surface area contributed by atoms with Crippen LogP contribution in [-0.4, -0.2) is 25.6 Å². The summed E-state index contributed by atoms with van der Waals surface area (Å²) in [5, 5.41) is 5.33. The second-order valence-corrected chi connectivity index (χ2v) is 7.25. The first-order chi connectivity index (χ1) is 13.9. The highest BCUT2D eigenvalue weighted by molar-refractivity contribution is 6.30. The van der Waals surface area contributed by atoms with Crippen LogP contribution in [0.2, 0.25) is 5.02 Å². The van der Waals surface area contributed by atoms with Gasteiger partial charge in [-0.15, -0.1) is 0 Å². The molecule has 3 aromatic rings. The zero-order valence-corrected chi connectivity index (χ0v) is 17.2. The van der Waals surface area contributed by atoms with Gasteiger partial charge in [-0.2, -0.15) is 0 Å². The quantitative estimate of drug-likeness (QED) is 0.573. The molecule has 1 atom stereocenters. The molecule has 1 amide bonds. The van der Waals surface area contributed by atoms with Crippen molar-refractivity contribution in [3.63, 3.8) is 0 Å². The first kappa shape index (κ1) is 20.7. The number of hydrogen-bond donors (Lipinski definition) is 1. The van der Waals surface area contributed by atoms with Crippen molar-refractivity contribution in [1.82, 2.24) is 0 Å². The lowest BCUT2D eigenvalue weighted by Crippen LogP contribution is -2.23. The van der Waals surface area contributed by atoms with Gasteiger partial charge in [0.25, 0.3) is 5.91 Å². The molecule has 1 N–H and O–H groups in total. The Balaban J connectivity index is 1.61. The molecular formula is C23H22ClNO4. The topological polar surface area (TPSA) is 64.6 Å². The number of anilines is 1. The summed E-state index contributed by atoms with van der Waals surface area (Å²) in [6.45, 7) is 3.25. The van der Waals surface area contributed by atoms with Gasteiger partial charge in [0.1, 0.15) is 5.75 Å². The lowest BCUT2D eigenvalue weighted by molar-refractivity contribution is -0.148. The van der Waals surface area contributed by atoms with Crippen molar-refractivity contribution in [3.05, 3.63) is 70.7 Å².